The molecule has 0 aliphatic carbocycles. The Kier molecular flexibility index (Phi) is 4.17. The first-order valence-corrected chi connectivity index (χ1v) is 6.35. The zero-order valence-electron chi connectivity index (χ0n) is 10.8. The summed E-state index contributed by atoms with van der Waals surface area (Å²) in [5, 5.41) is 2.65. The molecule has 0 aromatic heterocycles. The van der Waals surface area contributed by atoms with Crippen molar-refractivity contribution in [1.82, 2.24) is 10.2 Å². The van der Waals surface area contributed by atoms with E-state index in [0.29, 0.717) is 31.6 Å². The molecule has 2 rings (SSSR count). The van der Waals surface area contributed by atoms with Crippen molar-refractivity contribution in [2.75, 3.05) is 19.6 Å². The summed E-state index contributed by atoms with van der Waals surface area (Å²) >= 11 is 0. The lowest BCUT2D eigenvalue weighted by molar-refractivity contribution is -0.137. The number of benzene rings is 1. The summed E-state index contributed by atoms with van der Waals surface area (Å²) in [4.78, 5) is 13.2. The van der Waals surface area contributed by atoms with Gasteiger partial charge in [0.25, 0.3) is 0 Å². The number of nitrogens with zero attached hydrogens (tertiary/aromatic N) is 1. The van der Waals surface area contributed by atoms with E-state index in [1.54, 1.807) is 6.07 Å². The van der Waals surface area contributed by atoms with Crippen LogP contribution in [0.2, 0.25) is 0 Å². The maximum Gasteiger partial charge on any atom is 0.416 e. The minimum Gasteiger partial charge on any atom is -0.336 e. The van der Waals surface area contributed by atoms with Crippen molar-refractivity contribution < 1.29 is 18.0 Å². The van der Waals surface area contributed by atoms with Crippen molar-refractivity contribution in [3.05, 3.63) is 35.4 Å². The summed E-state index contributed by atoms with van der Waals surface area (Å²) in [7, 11) is 0. The smallest absolute Gasteiger partial charge is 0.336 e. The predicted molar refractivity (Wildman–Crippen MR) is 68.0 cm³/mol. The summed E-state index contributed by atoms with van der Waals surface area (Å²) in [6, 6.07) is 4.45. The largest absolute Gasteiger partial charge is 0.416 e. The zero-order chi connectivity index (χ0) is 14.8. The van der Waals surface area contributed by atoms with Crippen molar-refractivity contribution in [2.24, 2.45) is 5.73 Å². The number of nitrogens with one attached hydrogen (secondary N) is 1. The fraction of sp³-hybridized carbons (Fsp3) is 0.462. The number of alkyl halides is 3. The topological polar surface area (TPSA) is 58.4 Å². The van der Waals surface area contributed by atoms with Crippen LogP contribution in [0.5, 0.6) is 0 Å². The molecule has 1 unspecified atom stereocenters. The molecule has 1 fully saturated rings. The standard InChI is InChI=1S/C13H16F3N3O/c14-13(15,16)10-4-1-3-9(7-10)11-8-18-12(20)19(11)6-2-5-17/h1,3-4,7,11H,2,5-6,8,17H2,(H,18,20). The molecule has 0 bridgehead atoms. The van der Waals surface area contributed by atoms with E-state index in [2.05, 4.69) is 5.32 Å². The molecule has 7 heteroatoms. The van der Waals surface area contributed by atoms with Gasteiger partial charge in [-0.15, -0.1) is 0 Å². The molecule has 1 aromatic rings. The van der Waals surface area contributed by atoms with Crippen LogP contribution in [0.1, 0.15) is 23.6 Å². The molecular formula is C13H16F3N3O. The van der Waals surface area contributed by atoms with Gasteiger partial charge in [-0.3, -0.25) is 0 Å². The first-order valence-electron chi connectivity index (χ1n) is 6.35. The Morgan fingerprint density at radius 1 is 1.40 bits per heavy atom. The van der Waals surface area contributed by atoms with Gasteiger partial charge in [0.15, 0.2) is 0 Å². The van der Waals surface area contributed by atoms with Crippen molar-refractivity contribution in [1.29, 1.82) is 0 Å². The van der Waals surface area contributed by atoms with E-state index in [1.807, 2.05) is 0 Å². The van der Waals surface area contributed by atoms with E-state index >= 15 is 0 Å². The third-order valence-electron chi connectivity index (χ3n) is 3.29. The van der Waals surface area contributed by atoms with Gasteiger partial charge in [-0.1, -0.05) is 12.1 Å². The van der Waals surface area contributed by atoms with Crippen molar-refractivity contribution in [3.63, 3.8) is 0 Å². The van der Waals surface area contributed by atoms with Crippen LogP contribution in [0.25, 0.3) is 0 Å². The number of rotatable bonds is 4. The summed E-state index contributed by atoms with van der Waals surface area (Å²) in [6.07, 6.45) is -3.77. The van der Waals surface area contributed by atoms with Gasteiger partial charge in [-0.2, -0.15) is 13.2 Å². The van der Waals surface area contributed by atoms with Gasteiger partial charge in [0, 0.05) is 13.1 Å². The minimum absolute atomic E-state index is 0.263. The highest BCUT2D eigenvalue weighted by Crippen LogP contribution is 2.32. The van der Waals surface area contributed by atoms with Crippen LogP contribution in [-0.2, 0) is 6.18 Å². The Morgan fingerprint density at radius 2 is 2.15 bits per heavy atom. The number of hydrogen-bond acceptors (Lipinski definition) is 2. The monoisotopic (exact) mass is 287 g/mol. The molecule has 1 aliphatic rings. The van der Waals surface area contributed by atoms with Gasteiger partial charge in [0.2, 0.25) is 0 Å². The molecule has 20 heavy (non-hydrogen) atoms. The molecule has 110 valence electrons. The summed E-state index contributed by atoms with van der Waals surface area (Å²) in [6.45, 7) is 1.17. The number of urea groups is 1. The average Bonchev–Trinajstić information content (AvgIpc) is 2.77. The van der Waals surface area contributed by atoms with Crippen molar-refractivity contribution in [3.8, 4) is 0 Å². The highest BCUT2D eigenvalue weighted by molar-refractivity contribution is 5.77. The molecule has 0 saturated carbocycles. The number of halogens is 3. The lowest BCUT2D eigenvalue weighted by atomic mass is 10.0. The number of amides is 2. The quantitative estimate of drug-likeness (QED) is 0.891. The third kappa shape index (κ3) is 3.04. The molecule has 2 amide bonds. The van der Waals surface area contributed by atoms with E-state index in [4.69, 9.17) is 5.73 Å². The molecule has 1 aliphatic heterocycles. The highest BCUT2D eigenvalue weighted by Gasteiger charge is 2.34. The lowest BCUT2D eigenvalue weighted by Gasteiger charge is -2.23. The van der Waals surface area contributed by atoms with E-state index < -0.39 is 11.7 Å². The van der Waals surface area contributed by atoms with E-state index in [1.165, 1.54) is 11.0 Å². The number of nitrogens with two attached hydrogens (primary N) is 1. The lowest BCUT2D eigenvalue weighted by Crippen LogP contribution is -2.32. The van der Waals surface area contributed by atoms with Gasteiger partial charge in [0.05, 0.1) is 11.6 Å². The van der Waals surface area contributed by atoms with Gasteiger partial charge in [-0.05, 0) is 30.7 Å². The summed E-state index contributed by atoms with van der Waals surface area (Å²) < 4.78 is 38.2. The Labute approximate surface area is 114 Å². The fourth-order valence-electron chi connectivity index (χ4n) is 2.28. The Bertz CT molecular complexity index is 490. The molecule has 3 N–H and O–H groups in total. The molecule has 1 atom stereocenters. The van der Waals surface area contributed by atoms with Gasteiger partial charge < -0.3 is 16.0 Å². The van der Waals surface area contributed by atoms with Crippen LogP contribution < -0.4 is 11.1 Å². The van der Waals surface area contributed by atoms with Crippen LogP contribution in [0.4, 0.5) is 18.0 Å². The first kappa shape index (κ1) is 14.6. The molecule has 1 aromatic carbocycles. The number of carbonyl (C=O) groups is 1. The highest BCUT2D eigenvalue weighted by atomic mass is 19.4. The van der Waals surface area contributed by atoms with Crippen LogP contribution >= 0.6 is 0 Å². The van der Waals surface area contributed by atoms with E-state index in [9.17, 15) is 18.0 Å². The van der Waals surface area contributed by atoms with Gasteiger partial charge in [-0.25, -0.2) is 4.79 Å². The average molecular weight is 287 g/mol. The molecular weight excluding hydrogens is 271 g/mol. The number of carbonyl (C=O) groups excluding carboxylic acids is 1. The van der Waals surface area contributed by atoms with Crippen molar-refractivity contribution >= 4 is 6.03 Å². The Morgan fingerprint density at radius 3 is 2.80 bits per heavy atom. The summed E-state index contributed by atoms with van der Waals surface area (Å²) in [5.41, 5.74) is 5.19. The molecule has 0 spiro atoms. The maximum absolute atomic E-state index is 12.7. The molecule has 1 saturated heterocycles. The first-order chi connectivity index (χ1) is 9.43. The maximum atomic E-state index is 12.7. The van der Waals surface area contributed by atoms with Crippen LogP contribution in [0.3, 0.4) is 0 Å². The normalized spacial score (nSPS) is 19.3. The molecule has 0 radical (unpaired) electrons. The van der Waals surface area contributed by atoms with Crippen LogP contribution in [0, 0.1) is 0 Å². The molecule has 4 nitrogen and oxygen atoms in total. The second-order valence-corrected chi connectivity index (χ2v) is 4.66. The van der Waals surface area contributed by atoms with Crippen molar-refractivity contribution in [2.45, 2.75) is 18.6 Å². The van der Waals surface area contributed by atoms with Crippen LogP contribution in [-0.4, -0.2) is 30.6 Å². The number of hydrogen-bond donors (Lipinski definition) is 2. The third-order valence-corrected chi connectivity index (χ3v) is 3.29. The van der Waals surface area contributed by atoms with Gasteiger partial charge >= 0.3 is 12.2 Å². The second kappa shape index (κ2) is 5.70. The Hall–Kier alpha value is -1.76. The minimum atomic E-state index is -4.38. The second-order valence-electron chi connectivity index (χ2n) is 4.66. The van der Waals surface area contributed by atoms with E-state index in [-0.39, 0.29) is 12.1 Å². The predicted octanol–water partition coefficient (Wildman–Crippen LogP) is 2.12. The Balaban J connectivity index is 2.24. The zero-order valence-corrected chi connectivity index (χ0v) is 10.8. The SMILES string of the molecule is NCCCN1C(=O)NCC1c1cccc(C(F)(F)F)c1. The van der Waals surface area contributed by atoms with E-state index in [0.717, 1.165) is 12.1 Å². The van der Waals surface area contributed by atoms with Crippen LogP contribution in [0.15, 0.2) is 24.3 Å². The fourth-order valence-corrected chi connectivity index (χ4v) is 2.28. The molecule has 1 heterocycles. The van der Waals surface area contributed by atoms with Gasteiger partial charge in [0.1, 0.15) is 0 Å². The summed E-state index contributed by atoms with van der Waals surface area (Å²) in [5.74, 6) is 0.